The number of carbonyl (C=O) groups is 3. The Bertz CT molecular complexity index is 1460. The molecule has 0 spiro atoms. The molecular formula is C28H27ClN4O5. The monoisotopic (exact) mass is 534 g/mol. The summed E-state index contributed by atoms with van der Waals surface area (Å²) in [5, 5.41) is 8.93. The molecular weight excluding hydrogens is 508 g/mol. The first kappa shape index (κ1) is 26.6. The largest absolute Gasteiger partial charge is 0.457 e. The predicted molar refractivity (Wildman–Crippen MR) is 147 cm³/mol. The van der Waals surface area contributed by atoms with Crippen LogP contribution < -0.4 is 20.7 Å². The van der Waals surface area contributed by atoms with Crippen LogP contribution in [0.3, 0.4) is 0 Å². The Morgan fingerprint density at radius 3 is 2.26 bits per heavy atom. The van der Waals surface area contributed by atoms with Crippen molar-refractivity contribution in [1.82, 2.24) is 10.3 Å². The van der Waals surface area contributed by atoms with Gasteiger partial charge in [0, 0.05) is 16.1 Å². The van der Waals surface area contributed by atoms with Gasteiger partial charge < -0.3 is 30.4 Å². The van der Waals surface area contributed by atoms with E-state index in [2.05, 4.69) is 20.9 Å². The van der Waals surface area contributed by atoms with E-state index in [1.807, 2.05) is 30.3 Å². The second kappa shape index (κ2) is 11.3. The molecule has 3 aromatic carbocycles. The van der Waals surface area contributed by atoms with Crippen molar-refractivity contribution in [3.63, 3.8) is 0 Å². The number of rotatable bonds is 7. The van der Waals surface area contributed by atoms with Crippen LogP contribution in [0.25, 0.3) is 10.9 Å². The Hall–Kier alpha value is -4.50. The Labute approximate surface area is 224 Å². The van der Waals surface area contributed by atoms with E-state index < -0.39 is 17.6 Å². The molecule has 0 aliphatic heterocycles. The molecule has 38 heavy (non-hydrogen) atoms. The Balaban J connectivity index is 1.42. The summed E-state index contributed by atoms with van der Waals surface area (Å²) in [5.74, 6) is 0.483. The van der Waals surface area contributed by atoms with Crippen LogP contribution in [-0.4, -0.2) is 35.0 Å². The first-order valence-corrected chi connectivity index (χ1v) is 12.2. The standard InChI is InChI=1S/C28H27ClN4O5/c1-28(2,3)38-27(36)30-16-24(34)32-22-15-18(29)13-17-14-23(33-25(17)22)26(35)31-19-9-11-21(12-10-19)37-20-7-5-4-6-8-20/h4-15,33H,16H2,1-3H3,(H,30,36)(H,31,35)(H,32,34). The summed E-state index contributed by atoms with van der Waals surface area (Å²) in [5.41, 5.74) is 1.05. The summed E-state index contributed by atoms with van der Waals surface area (Å²) in [4.78, 5) is 40.2. The molecule has 0 saturated carbocycles. The molecule has 196 valence electrons. The van der Waals surface area contributed by atoms with E-state index in [0.29, 0.717) is 38.8 Å². The maximum absolute atomic E-state index is 12.9. The predicted octanol–water partition coefficient (Wildman–Crippen LogP) is 6.33. The average molecular weight is 535 g/mol. The highest BCUT2D eigenvalue weighted by molar-refractivity contribution is 6.32. The smallest absolute Gasteiger partial charge is 0.408 e. The molecule has 4 aromatic rings. The Morgan fingerprint density at radius 2 is 1.58 bits per heavy atom. The fourth-order valence-corrected chi connectivity index (χ4v) is 3.75. The quantitative estimate of drug-likeness (QED) is 0.221. The molecule has 0 aliphatic carbocycles. The van der Waals surface area contributed by atoms with E-state index in [9.17, 15) is 14.4 Å². The minimum Gasteiger partial charge on any atom is -0.457 e. The van der Waals surface area contributed by atoms with Crippen LogP contribution in [0.15, 0.2) is 72.8 Å². The molecule has 0 radical (unpaired) electrons. The van der Waals surface area contributed by atoms with Gasteiger partial charge in [-0.3, -0.25) is 9.59 Å². The number of nitrogens with one attached hydrogen (secondary N) is 4. The number of anilines is 2. The molecule has 0 fully saturated rings. The van der Waals surface area contributed by atoms with E-state index in [4.69, 9.17) is 21.1 Å². The van der Waals surface area contributed by atoms with Gasteiger partial charge in [0.05, 0.1) is 11.2 Å². The van der Waals surface area contributed by atoms with Crippen LogP contribution in [-0.2, 0) is 9.53 Å². The molecule has 1 heterocycles. The lowest BCUT2D eigenvalue weighted by Crippen LogP contribution is -2.37. The van der Waals surface area contributed by atoms with Gasteiger partial charge in [-0.1, -0.05) is 29.8 Å². The first-order chi connectivity index (χ1) is 18.1. The third kappa shape index (κ3) is 7.27. The van der Waals surface area contributed by atoms with E-state index >= 15 is 0 Å². The van der Waals surface area contributed by atoms with Gasteiger partial charge in [0.1, 0.15) is 29.3 Å². The molecule has 0 unspecified atom stereocenters. The van der Waals surface area contributed by atoms with Gasteiger partial charge in [-0.25, -0.2) is 4.79 Å². The molecule has 4 rings (SSSR count). The minimum absolute atomic E-state index is 0.272. The number of para-hydroxylation sites is 1. The third-order valence-corrected chi connectivity index (χ3v) is 5.31. The van der Waals surface area contributed by atoms with E-state index in [1.165, 1.54) is 0 Å². The zero-order valence-corrected chi connectivity index (χ0v) is 21.8. The number of hydrogen-bond donors (Lipinski definition) is 4. The zero-order valence-electron chi connectivity index (χ0n) is 21.1. The maximum atomic E-state index is 12.9. The number of hydrogen-bond acceptors (Lipinski definition) is 5. The number of amides is 3. The normalized spacial score (nSPS) is 11.1. The molecule has 0 bridgehead atoms. The third-order valence-electron chi connectivity index (χ3n) is 5.10. The van der Waals surface area contributed by atoms with Crippen LogP contribution in [0, 0.1) is 0 Å². The fourth-order valence-electron chi connectivity index (χ4n) is 3.52. The van der Waals surface area contributed by atoms with Crippen LogP contribution in [0.4, 0.5) is 16.2 Å². The van der Waals surface area contributed by atoms with Gasteiger partial charge in [-0.2, -0.15) is 0 Å². The van der Waals surface area contributed by atoms with Crippen molar-refractivity contribution in [2.24, 2.45) is 0 Å². The maximum Gasteiger partial charge on any atom is 0.408 e. The number of fused-ring (bicyclic) bond motifs is 1. The number of ether oxygens (including phenoxy) is 2. The fraction of sp³-hybridized carbons (Fsp3) is 0.179. The molecule has 1 aromatic heterocycles. The summed E-state index contributed by atoms with van der Waals surface area (Å²) in [6.45, 7) is 4.87. The van der Waals surface area contributed by atoms with Gasteiger partial charge in [-0.05, 0) is 75.4 Å². The minimum atomic E-state index is -0.706. The summed E-state index contributed by atoms with van der Waals surface area (Å²) in [6.07, 6.45) is -0.706. The van der Waals surface area contributed by atoms with Crippen molar-refractivity contribution in [1.29, 1.82) is 0 Å². The second-order valence-electron chi connectivity index (χ2n) is 9.40. The van der Waals surface area contributed by atoms with Gasteiger partial charge in [0.2, 0.25) is 5.91 Å². The first-order valence-electron chi connectivity index (χ1n) is 11.8. The van der Waals surface area contributed by atoms with Gasteiger partial charge >= 0.3 is 6.09 Å². The number of carbonyl (C=O) groups excluding carboxylic acids is 3. The number of aromatic nitrogens is 1. The number of aromatic amines is 1. The average Bonchev–Trinajstić information content (AvgIpc) is 3.28. The molecule has 3 amide bonds. The summed E-state index contributed by atoms with van der Waals surface area (Å²) < 4.78 is 10.9. The van der Waals surface area contributed by atoms with Crippen molar-refractivity contribution in [2.75, 3.05) is 17.2 Å². The summed E-state index contributed by atoms with van der Waals surface area (Å²) >= 11 is 6.23. The molecule has 0 atom stereocenters. The molecule has 0 saturated heterocycles. The van der Waals surface area contributed by atoms with Crippen molar-refractivity contribution in [3.8, 4) is 11.5 Å². The number of benzene rings is 3. The van der Waals surface area contributed by atoms with Crippen LogP contribution in [0.5, 0.6) is 11.5 Å². The highest BCUT2D eigenvalue weighted by Gasteiger charge is 2.18. The number of H-pyrrole nitrogens is 1. The number of alkyl carbamates (subject to hydrolysis) is 1. The van der Waals surface area contributed by atoms with Gasteiger partial charge in [0.25, 0.3) is 5.91 Å². The number of halogens is 1. The highest BCUT2D eigenvalue weighted by Crippen LogP contribution is 2.29. The molecule has 9 nitrogen and oxygen atoms in total. The Morgan fingerprint density at radius 1 is 0.895 bits per heavy atom. The van der Waals surface area contributed by atoms with Crippen LogP contribution >= 0.6 is 11.6 Å². The van der Waals surface area contributed by atoms with Crippen molar-refractivity contribution < 1.29 is 23.9 Å². The second-order valence-corrected chi connectivity index (χ2v) is 9.83. The summed E-state index contributed by atoms with van der Waals surface area (Å²) in [6, 6.07) is 21.2. The van der Waals surface area contributed by atoms with Crippen molar-refractivity contribution >= 4 is 51.8 Å². The highest BCUT2D eigenvalue weighted by atomic mass is 35.5. The van der Waals surface area contributed by atoms with Gasteiger partial charge in [0.15, 0.2) is 0 Å². The van der Waals surface area contributed by atoms with Gasteiger partial charge in [-0.15, -0.1) is 0 Å². The SMILES string of the molecule is CC(C)(C)OC(=O)NCC(=O)Nc1cc(Cl)cc2cc(C(=O)Nc3ccc(Oc4ccccc4)cc3)[nH]c12. The van der Waals surface area contributed by atoms with E-state index in [1.54, 1.807) is 63.2 Å². The lowest BCUT2D eigenvalue weighted by atomic mass is 10.2. The molecule has 4 N–H and O–H groups in total. The lowest BCUT2D eigenvalue weighted by molar-refractivity contribution is -0.115. The Kier molecular flexibility index (Phi) is 7.87. The zero-order chi connectivity index (χ0) is 27.3. The molecule has 0 aliphatic rings. The van der Waals surface area contributed by atoms with Crippen LogP contribution in [0.2, 0.25) is 5.02 Å². The van der Waals surface area contributed by atoms with E-state index in [-0.39, 0.29) is 18.1 Å². The van der Waals surface area contributed by atoms with Crippen LogP contribution in [0.1, 0.15) is 31.3 Å². The summed E-state index contributed by atoms with van der Waals surface area (Å²) in [7, 11) is 0. The topological polar surface area (TPSA) is 122 Å². The van der Waals surface area contributed by atoms with Crippen molar-refractivity contribution in [2.45, 2.75) is 26.4 Å². The van der Waals surface area contributed by atoms with E-state index in [0.717, 1.165) is 0 Å². The molecule has 10 heteroatoms. The van der Waals surface area contributed by atoms with Crippen molar-refractivity contribution in [3.05, 3.63) is 83.5 Å². The lowest BCUT2D eigenvalue weighted by Gasteiger charge is -2.19.